The van der Waals surface area contributed by atoms with Gasteiger partial charge >= 0.3 is 0 Å². The predicted octanol–water partition coefficient (Wildman–Crippen LogP) is 3.48. The molecule has 19 heavy (non-hydrogen) atoms. The van der Waals surface area contributed by atoms with E-state index in [4.69, 9.17) is 5.26 Å². The first kappa shape index (κ1) is 13.5. The highest BCUT2D eigenvalue weighted by molar-refractivity contribution is 7.09. The average Bonchev–Trinajstić information content (AvgIpc) is 2.87. The Kier molecular flexibility index (Phi) is 3.54. The quantitative estimate of drug-likeness (QED) is 0.840. The summed E-state index contributed by atoms with van der Waals surface area (Å²) >= 11 is 1.37. The summed E-state index contributed by atoms with van der Waals surface area (Å²) in [6.45, 7) is 6.28. The molecular weight excluding hydrogens is 256 g/mol. The minimum Gasteiger partial charge on any atom is -0.320 e. The number of nitrogens with zero attached hydrogens (tertiary/aromatic N) is 4. The maximum Gasteiger partial charge on any atom is 0.209 e. The molecule has 1 aromatic carbocycles. The lowest BCUT2D eigenvalue weighted by Gasteiger charge is -2.16. The SMILES string of the molecule is CN(c1cccc(C#N)c1)c1nc(C(C)(C)C)ns1. The molecule has 98 valence electrons. The van der Waals surface area contributed by atoms with E-state index in [1.165, 1.54) is 11.5 Å². The molecule has 2 rings (SSSR count). The summed E-state index contributed by atoms with van der Waals surface area (Å²) in [5, 5.41) is 9.76. The highest BCUT2D eigenvalue weighted by Gasteiger charge is 2.21. The zero-order valence-corrected chi connectivity index (χ0v) is 12.3. The van der Waals surface area contributed by atoms with Crippen LogP contribution in [-0.2, 0) is 5.41 Å². The van der Waals surface area contributed by atoms with Crippen LogP contribution < -0.4 is 4.90 Å². The second kappa shape index (κ2) is 4.98. The first-order chi connectivity index (χ1) is 8.91. The number of hydrogen-bond acceptors (Lipinski definition) is 5. The van der Waals surface area contributed by atoms with Crippen molar-refractivity contribution in [2.24, 2.45) is 0 Å². The smallest absolute Gasteiger partial charge is 0.209 e. The fourth-order valence-corrected chi connectivity index (χ4v) is 2.39. The zero-order chi connectivity index (χ0) is 14.0. The maximum absolute atomic E-state index is 8.93. The minimum atomic E-state index is -0.0515. The molecule has 4 nitrogen and oxygen atoms in total. The Balaban J connectivity index is 2.31. The van der Waals surface area contributed by atoms with E-state index < -0.39 is 0 Å². The molecule has 0 spiro atoms. The van der Waals surface area contributed by atoms with Crippen LogP contribution >= 0.6 is 11.5 Å². The van der Waals surface area contributed by atoms with Gasteiger partial charge in [-0.15, -0.1) is 0 Å². The Morgan fingerprint density at radius 2 is 2.05 bits per heavy atom. The summed E-state index contributed by atoms with van der Waals surface area (Å²) in [6.07, 6.45) is 0. The third-order valence-corrected chi connectivity index (χ3v) is 3.53. The molecular formula is C14H16N4S. The molecule has 0 aliphatic carbocycles. The van der Waals surface area contributed by atoms with E-state index in [9.17, 15) is 0 Å². The number of benzene rings is 1. The third kappa shape index (κ3) is 2.91. The molecule has 0 amide bonds. The second-order valence-corrected chi connectivity index (χ2v) is 6.10. The topological polar surface area (TPSA) is 52.8 Å². The maximum atomic E-state index is 8.93. The Morgan fingerprint density at radius 1 is 1.32 bits per heavy atom. The number of anilines is 2. The first-order valence-electron chi connectivity index (χ1n) is 6.00. The van der Waals surface area contributed by atoms with Gasteiger partial charge in [-0.2, -0.15) is 9.64 Å². The van der Waals surface area contributed by atoms with Gasteiger partial charge in [0, 0.05) is 29.7 Å². The van der Waals surface area contributed by atoms with E-state index >= 15 is 0 Å². The number of nitriles is 1. The Hall–Kier alpha value is -1.93. The Morgan fingerprint density at radius 3 is 2.63 bits per heavy atom. The van der Waals surface area contributed by atoms with E-state index in [1.807, 2.05) is 30.1 Å². The van der Waals surface area contributed by atoms with Crippen LogP contribution in [0.15, 0.2) is 24.3 Å². The molecule has 0 aliphatic heterocycles. The molecule has 0 atom stereocenters. The normalized spacial score (nSPS) is 11.1. The molecule has 2 aromatic rings. The van der Waals surface area contributed by atoms with E-state index in [2.05, 4.69) is 36.2 Å². The molecule has 0 N–H and O–H groups in total. The number of aromatic nitrogens is 2. The van der Waals surface area contributed by atoms with Gasteiger partial charge in [0.25, 0.3) is 0 Å². The van der Waals surface area contributed by atoms with Crippen molar-refractivity contribution in [1.82, 2.24) is 9.36 Å². The van der Waals surface area contributed by atoms with Gasteiger partial charge in [-0.05, 0) is 18.2 Å². The van der Waals surface area contributed by atoms with Crippen molar-refractivity contribution < 1.29 is 0 Å². The van der Waals surface area contributed by atoms with Crippen LogP contribution in [-0.4, -0.2) is 16.4 Å². The lowest BCUT2D eigenvalue weighted by Crippen LogP contribution is -2.14. The molecule has 1 aromatic heterocycles. The van der Waals surface area contributed by atoms with Crippen LogP contribution in [0.2, 0.25) is 0 Å². The fraction of sp³-hybridized carbons (Fsp3) is 0.357. The largest absolute Gasteiger partial charge is 0.320 e. The van der Waals surface area contributed by atoms with Gasteiger partial charge in [0.1, 0.15) is 5.82 Å². The zero-order valence-electron chi connectivity index (χ0n) is 11.5. The van der Waals surface area contributed by atoms with Gasteiger partial charge in [0.15, 0.2) is 0 Å². The van der Waals surface area contributed by atoms with Crippen LogP contribution in [0.3, 0.4) is 0 Å². The summed E-state index contributed by atoms with van der Waals surface area (Å²) < 4.78 is 4.40. The number of hydrogen-bond donors (Lipinski definition) is 0. The highest BCUT2D eigenvalue weighted by atomic mass is 32.1. The summed E-state index contributed by atoms with van der Waals surface area (Å²) in [5.74, 6) is 0.843. The van der Waals surface area contributed by atoms with Crippen LogP contribution in [0.5, 0.6) is 0 Å². The van der Waals surface area contributed by atoms with Gasteiger partial charge < -0.3 is 4.90 Å². The van der Waals surface area contributed by atoms with Crippen LogP contribution in [0, 0.1) is 11.3 Å². The highest BCUT2D eigenvalue weighted by Crippen LogP contribution is 2.29. The molecule has 0 bridgehead atoms. The van der Waals surface area contributed by atoms with Crippen molar-refractivity contribution >= 4 is 22.4 Å². The average molecular weight is 272 g/mol. The second-order valence-electron chi connectivity index (χ2n) is 5.37. The standard InChI is InChI=1S/C14H16N4S/c1-14(2,3)12-16-13(19-17-12)18(4)11-7-5-6-10(8-11)9-15/h5-8H,1-4H3. The molecule has 0 unspecified atom stereocenters. The van der Waals surface area contributed by atoms with Gasteiger partial charge in [0.05, 0.1) is 11.6 Å². The van der Waals surface area contributed by atoms with Crippen molar-refractivity contribution in [2.75, 3.05) is 11.9 Å². The van der Waals surface area contributed by atoms with Gasteiger partial charge in [-0.25, -0.2) is 4.98 Å². The van der Waals surface area contributed by atoms with E-state index in [0.29, 0.717) is 5.56 Å². The van der Waals surface area contributed by atoms with E-state index in [1.54, 1.807) is 6.07 Å². The predicted molar refractivity (Wildman–Crippen MR) is 77.8 cm³/mol. The van der Waals surface area contributed by atoms with Crippen molar-refractivity contribution in [3.05, 3.63) is 35.7 Å². The summed E-state index contributed by atoms with van der Waals surface area (Å²) in [6, 6.07) is 9.61. The first-order valence-corrected chi connectivity index (χ1v) is 6.77. The van der Waals surface area contributed by atoms with Gasteiger partial charge in [-0.3, -0.25) is 0 Å². The lowest BCUT2D eigenvalue weighted by atomic mass is 9.96. The molecule has 0 radical (unpaired) electrons. The molecule has 0 aliphatic rings. The van der Waals surface area contributed by atoms with E-state index in [0.717, 1.165) is 16.6 Å². The lowest BCUT2D eigenvalue weighted by molar-refractivity contribution is 0.555. The summed E-state index contributed by atoms with van der Waals surface area (Å²) in [4.78, 5) is 6.52. The Bertz CT molecular complexity index is 619. The molecule has 0 saturated heterocycles. The number of rotatable bonds is 2. The molecule has 0 fully saturated rings. The van der Waals surface area contributed by atoms with Crippen molar-refractivity contribution in [3.63, 3.8) is 0 Å². The molecule has 0 saturated carbocycles. The minimum absolute atomic E-state index is 0.0515. The van der Waals surface area contributed by atoms with Gasteiger partial charge in [-0.1, -0.05) is 26.8 Å². The van der Waals surface area contributed by atoms with E-state index in [-0.39, 0.29) is 5.41 Å². The van der Waals surface area contributed by atoms with Crippen LogP contribution in [0.1, 0.15) is 32.2 Å². The summed E-state index contributed by atoms with van der Waals surface area (Å²) in [5.41, 5.74) is 1.53. The summed E-state index contributed by atoms with van der Waals surface area (Å²) in [7, 11) is 1.93. The fourth-order valence-electron chi connectivity index (χ4n) is 1.55. The monoisotopic (exact) mass is 272 g/mol. The van der Waals surface area contributed by atoms with Crippen molar-refractivity contribution in [3.8, 4) is 6.07 Å². The van der Waals surface area contributed by atoms with Crippen LogP contribution in [0.25, 0.3) is 0 Å². The molecule has 5 heteroatoms. The van der Waals surface area contributed by atoms with Crippen molar-refractivity contribution in [2.45, 2.75) is 26.2 Å². The third-order valence-electron chi connectivity index (χ3n) is 2.74. The van der Waals surface area contributed by atoms with Gasteiger partial charge in [0.2, 0.25) is 5.13 Å². The van der Waals surface area contributed by atoms with Crippen LogP contribution in [0.4, 0.5) is 10.8 Å². The van der Waals surface area contributed by atoms with Crippen molar-refractivity contribution in [1.29, 1.82) is 5.26 Å². The molecule has 1 heterocycles. The Labute approximate surface area is 117 Å².